The number of nitrogens with zero attached hydrogens (tertiary/aromatic N) is 4. The van der Waals surface area contributed by atoms with Gasteiger partial charge in [0, 0.05) is 56.7 Å². The van der Waals surface area contributed by atoms with E-state index in [1.165, 1.54) is 77.9 Å². The van der Waals surface area contributed by atoms with Gasteiger partial charge in [0.25, 0.3) is 0 Å². The molecule has 0 aliphatic heterocycles. The van der Waals surface area contributed by atoms with Crippen molar-refractivity contribution in [2.75, 3.05) is 9.80 Å². The molecule has 0 radical (unpaired) electrons. The van der Waals surface area contributed by atoms with Crippen LogP contribution in [-0.4, -0.2) is 9.97 Å². The van der Waals surface area contributed by atoms with Crippen molar-refractivity contribution in [2.45, 2.75) is 38.5 Å². The summed E-state index contributed by atoms with van der Waals surface area (Å²) in [6.07, 6.45) is 12.8. The second-order valence-corrected chi connectivity index (χ2v) is 23.9. The van der Waals surface area contributed by atoms with Crippen molar-refractivity contribution in [3.63, 3.8) is 0 Å². The van der Waals surface area contributed by atoms with Crippen LogP contribution in [0.4, 0.5) is 34.4 Å². The largest absolute Gasteiger partial charge is 0.295 e. The Hall–Kier alpha value is -10.7. The van der Waals surface area contributed by atoms with Gasteiger partial charge in [-0.3, -0.25) is 9.80 Å². The number of benzene rings is 11. The Labute approximate surface area is 504 Å². The van der Waals surface area contributed by atoms with E-state index in [1.807, 2.05) is 12.4 Å². The first kappa shape index (κ1) is 52.1. The molecule has 0 saturated carbocycles. The Kier molecular flexibility index (Phi) is 12.8. The first-order valence-corrected chi connectivity index (χ1v) is 29.8. The van der Waals surface area contributed by atoms with E-state index >= 15 is 0 Å². The van der Waals surface area contributed by atoms with Gasteiger partial charge in [0.05, 0.1) is 0 Å². The van der Waals surface area contributed by atoms with Crippen molar-refractivity contribution in [1.29, 1.82) is 0 Å². The number of hydrogen-bond donors (Lipinski definition) is 0. The number of pyridine rings is 2. The van der Waals surface area contributed by atoms with Gasteiger partial charge < -0.3 is 0 Å². The van der Waals surface area contributed by atoms with Crippen LogP contribution in [-0.2, 0) is 10.8 Å². The molecule has 2 heterocycles. The maximum Gasteiger partial charge on any atom is 0.145 e. The van der Waals surface area contributed by atoms with E-state index in [0.717, 1.165) is 67.1 Å². The molecule has 0 fully saturated rings. The maximum atomic E-state index is 5.06. The van der Waals surface area contributed by atoms with E-state index in [1.54, 1.807) is 0 Å². The average Bonchev–Trinajstić information content (AvgIpc) is 1.71. The fourth-order valence-electron chi connectivity index (χ4n) is 13.3. The molecule has 0 N–H and O–H groups in total. The summed E-state index contributed by atoms with van der Waals surface area (Å²) in [7, 11) is 0. The van der Waals surface area contributed by atoms with Crippen molar-refractivity contribution < 1.29 is 0 Å². The molecule has 0 bridgehead atoms. The van der Waals surface area contributed by atoms with E-state index in [2.05, 4.69) is 329 Å². The second kappa shape index (κ2) is 21.2. The number of rotatable bonds is 12. The molecule has 2 aliphatic rings. The van der Waals surface area contributed by atoms with E-state index in [0.29, 0.717) is 0 Å². The number of anilines is 6. The third-order valence-corrected chi connectivity index (χ3v) is 18.0. The molecule has 0 saturated heterocycles. The lowest BCUT2D eigenvalue weighted by Gasteiger charge is -2.28. The standard InChI is InChI=1S/C82H62N4/c1-81(2)75-51-57(31-43-71(75)73-45-41-67(53-77(73)81)85(79-69-21-13-11-19-63(69)47-49-83-79)65-37-33-61(34-38-65)59-15-7-5-8-16-59)29-27-55-23-25-56(26-24-55)28-30-58-32-44-72-74-46-42-68(54-78(74)82(3,4)76(72)52-58)86(80-70-22-14-12-20-64(70)48-50-84-80)66-39-35-62(36-40-66)60-17-9-6-10-18-60/h5-54H,1-4H3/b29-27+,30-28+. The minimum Gasteiger partial charge on any atom is -0.295 e. The lowest BCUT2D eigenvalue weighted by molar-refractivity contribution is 0.660. The Morgan fingerprint density at radius 2 is 0.593 bits per heavy atom. The van der Waals surface area contributed by atoms with E-state index in [9.17, 15) is 0 Å². The zero-order chi connectivity index (χ0) is 57.9. The van der Waals surface area contributed by atoms with Gasteiger partial charge in [0.1, 0.15) is 11.6 Å². The Balaban J connectivity index is 0.662. The van der Waals surface area contributed by atoms with Gasteiger partial charge >= 0.3 is 0 Å². The molecule has 0 amide bonds. The van der Waals surface area contributed by atoms with Gasteiger partial charge in [-0.25, -0.2) is 9.97 Å². The third-order valence-electron chi connectivity index (χ3n) is 18.0. The van der Waals surface area contributed by atoms with Crippen LogP contribution >= 0.6 is 0 Å². The van der Waals surface area contributed by atoms with Crippen LogP contribution in [0.2, 0.25) is 0 Å². The summed E-state index contributed by atoms with van der Waals surface area (Å²) in [5.41, 5.74) is 23.7. The maximum absolute atomic E-state index is 5.06. The number of hydrogen-bond acceptors (Lipinski definition) is 4. The van der Waals surface area contributed by atoms with Crippen LogP contribution in [0.5, 0.6) is 0 Å². The van der Waals surface area contributed by atoms with E-state index in [4.69, 9.17) is 9.97 Å². The van der Waals surface area contributed by atoms with Crippen LogP contribution in [0.25, 0.3) is 90.4 Å². The smallest absolute Gasteiger partial charge is 0.145 e. The highest BCUT2D eigenvalue weighted by Crippen LogP contribution is 2.53. The molecule has 2 aliphatic carbocycles. The normalized spacial score (nSPS) is 13.4. The molecule has 11 aromatic carbocycles. The zero-order valence-corrected chi connectivity index (χ0v) is 48.7. The molecule has 0 spiro atoms. The third kappa shape index (κ3) is 9.28. The molecule has 2 aromatic heterocycles. The number of fused-ring (bicyclic) bond motifs is 8. The van der Waals surface area contributed by atoms with Gasteiger partial charge in [-0.15, -0.1) is 0 Å². The first-order chi connectivity index (χ1) is 42.1. The van der Waals surface area contributed by atoms with Gasteiger partial charge in [-0.05, 0) is 160 Å². The van der Waals surface area contributed by atoms with Crippen molar-refractivity contribution in [1.82, 2.24) is 9.97 Å². The van der Waals surface area contributed by atoms with E-state index in [-0.39, 0.29) is 10.8 Å². The predicted octanol–water partition coefficient (Wildman–Crippen LogP) is 22.0. The van der Waals surface area contributed by atoms with Crippen LogP contribution in [0.15, 0.2) is 279 Å². The molecule has 4 nitrogen and oxygen atoms in total. The molecular weight excluding hydrogens is 1040 g/mol. The first-order valence-electron chi connectivity index (χ1n) is 29.8. The van der Waals surface area contributed by atoms with Crippen LogP contribution < -0.4 is 9.80 Å². The van der Waals surface area contributed by atoms with Crippen molar-refractivity contribution in [2.24, 2.45) is 0 Å². The Morgan fingerprint density at radius 1 is 0.279 bits per heavy atom. The quantitative estimate of drug-likeness (QED) is 0.114. The van der Waals surface area contributed by atoms with Crippen LogP contribution in [0.3, 0.4) is 0 Å². The van der Waals surface area contributed by atoms with Crippen molar-refractivity contribution >= 4 is 80.2 Å². The highest BCUT2D eigenvalue weighted by atomic mass is 15.2. The molecule has 15 rings (SSSR count). The van der Waals surface area contributed by atoms with Gasteiger partial charge in [-0.1, -0.05) is 258 Å². The zero-order valence-electron chi connectivity index (χ0n) is 48.7. The van der Waals surface area contributed by atoms with Crippen LogP contribution in [0.1, 0.15) is 72.2 Å². The van der Waals surface area contributed by atoms with E-state index < -0.39 is 0 Å². The lowest BCUT2D eigenvalue weighted by Crippen LogP contribution is -2.17. The summed E-state index contributed by atoms with van der Waals surface area (Å²) in [5.74, 6) is 1.82. The molecule has 4 heteroatoms. The number of aromatic nitrogens is 2. The minimum atomic E-state index is -0.231. The highest BCUT2D eigenvalue weighted by molar-refractivity contribution is 5.99. The topological polar surface area (TPSA) is 32.3 Å². The average molecular weight is 1100 g/mol. The highest BCUT2D eigenvalue weighted by Gasteiger charge is 2.38. The fourth-order valence-corrected chi connectivity index (χ4v) is 13.3. The molecule has 0 atom stereocenters. The molecule has 0 unspecified atom stereocenters. The molecular formula is C82H62N4. The predicted molar refractivity (Wildman–Crippen MR) is 363 cm³/mol. The van der Waals surface area contributed by atoms with Gasteiger partial charge in [-0.2, -0.15) is 0 Å². The summed E-state index contributed by atoms with van der Waals surface area (Å²) in [6, 6.07) is 96.8. The molecule has 410 valence electrons. The monoisotopic (exact) mass is 1100 g/mol. The second-order valence-electron chi connectivity index (χ2n) is 23.9. The van der Waals surface area contributed by atoms with Gasteiger partial charge in [0.2, 0.25) is 0 Å². The Bertz CT molecular complexity index is 4470. The summed E-state index contributed by atoms with van der Waals surface area (Å²) < 4.78 is 0. The minimum absolute atomic E-state index is 0.231. The SMILES string of the molecule is CC1(C)c2cc(/C=C/c3ccc(/C=C/c4ccc5c(c4)C(C)(C)c4cc(N(c6ccc(-c7ccccc7)cc6)c6nccc7ccccc67)ccc4-5)cc3)ccc2-c2ccc(N(c3ccc(-c4ccccc4)cc3)c3nccc4ccccc34)cc21. The summed E-state index contributed by atoms with van der Waals surface area (Å²) in [5, 5.41) is 4.53. The lowest BCUT2D eigenvalue weighted by atomic mass is 9.81. The summed E-state index contributed by atoms with van der Waals surface area (Å²) >= 11 is 0. The fraction of sp³-hybridized carbons (Fsp3) is 0.0732. The molecule has 13 aromatic rings. The summed E-state index contributed by atoms with van der Waals surface area (Å²) in [4.78, 5) is 14.8. The van der Waals surface area contributed by atoms with Crippen molar-refractivity contribution in [3.8, 4) is 44.5 Å². The summed E-state index contributed by atoms with van der Waals surface area (Å²) in [6.45, 7) is 9.45. The van der Waals surface area contributed by atoms with Crippen LogP contribution in [0, 0.1) is 0 Å². The van der Waals surface area contributed by atoms with Crippen molar-refractivity contribution in [3.05, 3.63) is 324 Å². The molecule has 86 heavy (non-hydrogen) atoms. The Morgan fingerprint density at radius 3 is 1.00 bits per heavy atom. The van der Waals surface area contributed by atoms with Gasteiger partial charge in [0.15, 0.2) is 0 Å².